The molecule has 0 bridgehead atoms. The van der Waals surface area contributed by atoms with Gasteiger partial charge in [-0.15, -0.1) is 23.4 Å². The number of benzene rings is 1. The zero-order chi connectivity index (χ0) is 26.4. The number of ether oxygens (including phenoxy) is 1. The first kappa shape index (κ1) is 26.1. The summed E-state index contributed by atoms with van der Waals surface area (Å²) in [7, 11) is 0. The minimum absolute atomic E-state index is 0.0879. The van der Waals surface area contributed by atoms with Crippen molar-refractivity contribution in [3.63, 3.8) is 0 Å². The number of rotatable bonds is 8. The molecule has 4 rings (SSSR count). The summed E-state index contributed by atoms with van der Waals surface area (Å²) in [5, 5.41) is 20.7. The quantitative estimate of drug-likeness (QED) is 0.468. The second-order valence-electron chi connectivity index (χ2n) is 8.64. The SMILES string of the molecule is CCCNC(=O)c1ccc(N2CCN(Cc3cc(OC(F)(F)F)cc(-c4cncc(O)c4)c3)CC2)nn1. The van der Waals surface area contributed by atoms with E-state index in [4.69, 9.17) is 0 Å². The van der Waals surface area contributed by atoms with Crippen LogP contribution in [0.3, 0.4) is 0 Å². The van der Waals surface area contributed by atoms with Crippen LogP contribution in [0.1, 0.15) is 29.4 Å². The van der Waals surface area contributed by atoms with Gasteiger partial charge in [0.05, 0.1) is 6.20 Å². The van der Waals surface area contributed by atoms with E-state index in [9.17, 15) is 23.1 Å². The first-order chi connectivity index (χ1) is 17.7. The summed E-state index contributed by atoms with van der Waals surface area (Å²) in [5.41, 5.74) is 1.83. The molecule has 2 N–H and O–H groups in total. The number of anilines is 1. The van der Waals surface area contributed by atoms with Crippen LogP contribution >= 0.6 is 0 Å². The molecule has 0 spiro atoms. The summed E-state index contributed by atoms with van der Waals surface area (Å²) in [6.07, 6.45) is -1.28. The summed E-state index contributed by atoms with van der Waals surface area (Å²) in [6.45, 7) is 5.51. The van der Waals surface area contributed by atoms with Gasteiger partial charge in [0.1, 0.15) is 11.5 Å². The Hall–Kier alpha value is -3.93. The van der Waals surface area contributed by atoms with E-state index in [1.54, 1.807) is 18.2 Å². The maximum absolute atomic E-state index is 12.9. The third kappa shape index (κ3) is 7.29. The van der Waals surface area contributed by atoms with Crippen LogP contribution in [-0.2, 0) is 6.54 Å². The Kier molecular flexibility index (Phi) is 8.07. The Balaban J connectivity index is 1.42. The number of hydrogen-bond acceptors (Lipinski definition) is 8. The first-order valence-electron chi connectivity index (χ1n) is 11.8. The fourth-order valence-electron chi connectivity index (χ4n) is 4.03. The highest BCUT2D eigenvalue weighted by Gasteiger charge is 2.31. The molecule has 37 heavy (non-hydrogen) atoms. The molecule has 0 radical (unpaired) electrons. The molecule has 1 saturated heterocycles. The van der Waals surface area contributed by atoms with Crippen molar-refractivity contribution in [1.82, 2.24) is 25.4 Å². The standard InChI is InChI=1S/C25H27F3N6O3/c1-2-5-30-24(36)22-3-4-23(32-31-22)34-8-6-33(7-9-34)16-17-10-18(19-12-20(35)15-29-14-19)13-21(11-17)37-25(26,27)28/h3-4,10-15,35H,2,5-9,16H2,1H3,(H,30,36). The van der Waals surface area contributed by atoms with Crippen LogP contribution in [-0.4, -0.2) is 70.2 Å². The molecule has 0 atom stereocenters. The molecule has 0 aliphatic carbocycles. The van der Waals surface area contributed by atoms with Gasteiger partial charge in [-0.05, 0) is 53.9 Å². The monoisotopic (exact) mass is 516 g/mol. The molecule has 9 nitrogen and oxygen atoms in total. The molecular weight excluding hydrogens is 489 g/mol. The lowest BCUT2D eigenvalue weighted by Gasteiger charge is -2.35. The predicted octanol–water partition coefficient (Wildman–Crippen LogP) is 3.60. The minimum Gasteiger partial charge on any atom is -0.506 e. The first-order valence-corrected chi connectivity index (χ1v) is 11.8. The van der Waals surface area contributed by atoms with Gasteiger partial charge in [0.25, 0.3) is 5.91 Å². The number of piperazine rings is 1. The van der Waals surface area contributed by atoms with Gasteiger partial charge in [0.15, 0.2) is 11.5 Å². The summed E-state index contributed by atoms with van der Waals surface area (Å²) in [5.74, 6) is -0.0235. The third-order valence-corrected chi connectivity index (χ3v) is 5.78. The number of carbonyl (C=O) groups is 1. The molecule has 3 aromatic rings. The topological polar surface area (TPSA) is 104 Å². The molecular formula is C25H27F3N6O3. The van der Waals surface area contributed by atoms with Crippen molar-refractivity contribution in [2.45, 2.75) is 26.3 Å². The van der Waals surface area contributed by atoms with Crippen molar-refractivity contribution in [3.05, 3.63) is 60.0 Å². The van der Waals surface area contributed by atoms with Crippen LogP contribution in [0.15, 0.2) is 48.8 Å². The van der Waals surface area contributed by atoms with E-state index < -0.39 is 6.36 Å². The molecule has 0 saturated carbocycles. The van der Waals surface area contributed by atoms with Gasteiger partial charge in [0, 0.05) is 51.0 Å². The molecule has 12 heteroatoms. The average Bonchev–Trinajstić information content (AvgIpc) is 2.87. The predicted molar refractivity (Wildman–Crippen MR) is 130 cm³/mol. The van der Waals surface area contributed by atoms with Crippen molar-refractivity contribution < 1.29 is 27.8 Å². The smallest absolute Gasteiger partial charge is 0.506 e. The van der Waals surface area contributed by atoms with E-state index >= 15 is 0 Å². The van der Waals surface area contributed by atoms with E-state index in [0.717, 1.165) is 6.42 Å². The Morgan fingerprint density at radius 1 is 1.05 bits per heavy atom. The van der Waals surface area contributed by atoms with Crippen molar-refractivity contribution in [2.24, 2.45) is 0 Å². The van der Waals surface area contributed by atoms with Crippen LogP contribution in [0, 0.1) is 0 Å². The van der Waals surface area contributed by atoms with Gasteiger partial charge in [-0.3, -0.25) is 14.7 Å². The molecule has 1 fully saturated rings. The van der Waals surface area contributed by atoms with E-state index in [1.165, 1.54) is 30.6 Å². The fourth-order valence-corrected chi connectivity index (χ4v) is 4.03. The lowest BCUT2D eigenvalue weighted by molar-refractivity contribution is -0.274. The molecule has 1 aliphatic rings. The second-order valence-corrected chi connectivity index (χ2v) is 8.64. The molecule has 1 aromatic carbocycles. The maximum Gasteiger partial charge on any atom is 0.573 e. The van der Waals surface area contributed by atoms with Gasteiger partial charge >= 0.3 is 6.36 Å². The number of carbonyl (C=O) groups excluding carboxylic acids is 1. The van der Waals surface area contributed by atoms with Crippen molar-refractivity contribution in [1.29, 1.82) is 0 Å². The van der Waals surface area contributed by atoms with Crippen molar-refractivity contribution in [3.8, 4) is 22.6 Å². The lowest BCUT2D eigenvalue weighted by atomic mass is 10.0. The van der Waals surface area contributed by atoms with Gasteiger partial charge in [-0.2, -0.15) is 0 Å². The Bertz CT molecular complexity index is 1220. The van der Waals surface area contributed by atoms with E-state index in [2.05, 4.69) is 30.1 Å². The lowest BCUT2D eigenvalue weighted by Crippen LogP contribution is -2.46. The van der Waals surface area contributed by atoms with E-state index in [1.807, 2.05) is 11.8 Å². The number of amides is 1. The number of halogens is 3. The van der Waals surface area contributed by atoms with Gasteiger partial charge in [-0.1, -0.05) is 6.92 Å². The highest BCUT2D eigenvalue weighted by Crippen LogP contribution is 2.31. The summed E-state index contributed by atoms with van der Waals surface area (Å²) in [4.78, 5) is 20.1. The fraction of sp³-hybridized carbons (Fsp3) is 0.360. The number of pyridine rings is 1. The van der Waals surface area contributed by atoms with Crippen molar-refractivity contribution in [2.75, 3.05) is 37.6 Å². The van der Waals surface area contributed by atoms with E-state index in [0.29, 0.717) is 61.8 Å². The minimum atomic E-state index is -4.83. The van der Waals surface area contributed by atoms with Crippen LogP contribution in [0.2, 0.25) is 0 Å². The number of aromatic nitrogens is 3. The van der Waals surface area contributed by atoms with Crippen molar-refractivity contribution >= 4 is 11.7 Å². The Labute approximate surface area is 211 Å². The second kappa shape index (κ2) is 11.4. The summed E-state index contributed by atoms with van der Waals surface area (Å²) in [6, 6.07) is 9.24. The molecule has 196 valence electrons. The third-order valence-electron chi connectivity index (χ3n) is 5.78. The highest BCUT2D eigenvalue weighted by molar-refractivity contribution is 5.92. The van der Waals surface area contributed by atoms with Gasteiger partial charge in [-0.25, -0.2) is 0 Å². The molecule has 2 aromatic heterocycles. The zero-order valence-corrected chi connectivity index (χ0v) is 20.2. The number of hydrogen-bond donors (Lipinski definition) is 2. The van der Waals surface area contributed by atoms with Crippen LogP contribution < -0.4 is 15.0 Å². The molecule has 3 heterocycles. The normalized spacial score (nSPS) is 14.4. The van der Waals surface area contributed by atoms with Gasteiger partial charge < -0.3 is 20.1 Å². The zero-order valence-electron chi connectivity index (χ0n) is 20.2. The molecule has 1 aliphatic heterocycles. The van der Waals surface area contributed by atoms with E-state index in [-0.39, 0.29) is 23.1 Å². The maximum atomic E-state index is 12.9. The van der Waals surface area contributed by atoms with Crippen LogP contribution in [0.25, 0.3) is 11.1 Å². The average molecular weight is 517 g/mol. The number of aromatic hydroxyl groups is 1. The Morgan fingerprint density at radius 3 is 2.49 bits per heavy atom. The van der Waals surface area contributed by atoms with Crippen LogP contribution in [0.5, 0.6) is 11.5 Å². The molecule has 1 amide bonds. The number of nitrogens with zero attached hydrogens (tertiary/aromatic N) is 5. The molecule has 0 unspecified atom stereocenters. The summed E-state index contributed by atoms with van der Waals surface area (Å²) < 4.78 is 43.0. The highest BCUT2D eigenvalue weighted by atomic mass is 19.4. The largest absolute Gasteiger partial charge is 0.573 e. The van der Waals surface area contributed by atoms with Gasteiger partial charge in [0.2, 0.25) is 0 Å². The summed E-state index contributed by atoms with van der Waals surface area (Å²) >= 11 is 0. The number of nitrogens with one attached hydrogen (secondary N) is 1. The van der Waals surface area contributed by atoms with Crippen LogP contribution in [0.4, 0.5) is 19.0 Å². The Morgan fingerprint density at radius 2 is 1.84 bits per heavy atom. The number of alkyl halides is 3.